The molecular formula is C25H30F3N3O2. The van der Waals surface area contributed by atoms with Crippen molar-refractivity contribution in [1.29, 1.82) is 0 Å². The number of nitrogens with two attached hydrogens (primary N) is 1. The Bertz CT molecular complexity index is 907. The molecule has 178 valence electrons. The first-order valence-corrected chi connectivity index (χ1v) is 11.3. The van der Waals surface area contributed by atoms with Crippen LogP contribution < -0.4 is 5.73 Å². The van der Waals surface area contributed by atoms with Crippen molar-refractivity contribution >= 4 is 11.5 Å². The van der Waals surface area contributed by atoms with Crippen LogP contribution in [0, 0.1) is 5.92 Å². The lowest BCUT2D eigenvalue weighted by molar-refractivity contribution is -0.137. The van der Waals surface area contributed by atoms with Gasteiger partial charge in [-0.15, -0.1) is 0 Å². The zero-order valence-electron chi connectivity index (χ0n) is 18.6. The molecule has 0 unspecified atom stereocenters. The van der Waals surface area contributed by atoms with Crippen LogP contribution in [0.1, 0.15) is 47.2 Å². The second-order valence-electron chi connectivity index (χ2n) is 8.18. The highest BCUT2D eigenvalue weighted by molar-refractivity contribution is 6.00. The number of Topliss-reactive ketones (excluding diaryl/α,β-unsaturated/α-hetero) is 1. The van der Waals surface area contributed by atoms with E-state index in [9.17, 15) is 18.0 Å². The highest BCUT2D eigenvalue weighted by atomic mass is 19.4. The van der Waals surface area contributed by atoms with E-state index in [1.165, 1.54) is 12.1 Å². The molecule has 1 aliphatic rings. The van der Waals surface area contributed by atoms with Crippen LogP contribution in [-0.2, 0) is 11.0 Å². The topological polar surface area (TPSA) is 67.9 Å². The Balaban J connectivity index is 1.47. The van der Waals surface area contributed by atoms with Gasteiger partial charge in [-0.3, -0.25) is 4.79 Å². The summed E-state index contributed by atoms with van der Waals surface area (Å²) >= 11 is 0. The number of hydrogen-bond acceptors (Lipinski definition) is 5. The number of hydrogen-bond donors (Lipinski definition) is 1. The molecule has 2 aromatic rings. The minimum atomic E-state index is -4.39. The molecule has 0 aliphatic carbocycles. The first kappa shape index (κ1) is 24.9. The van der Waals surface area contributed by atoms with Gasteiger partial charge in [0.15, 0.2) is 5.78 Å². The highest BCUT2D eigenvalue weighted by Crippen LogP contribution is 2.30. The van der Waals surface area contributed by atoms with E-state index in [4.69, 9.17) is 10.6 Å². The minimum absolute atomic E-state index is 0.0704. The fourth-order valence-corrected chi connectivity index (χ4v) is 4.00. The van der Waals surface area contributed by atoms with Crippen molar-refractivity contribution in [2.75, 3.05) is 32.8 Å². The van der Waals surface area contributed by atoms with Gasteiger partial charge in [-0.05, 0) is 63.0 Å². The monoisotopic (exact) mass is 461 g/mol. The number of rotatable bonds is 10. The Morgan fingerprint density at radius 2 is 1.70 bits per heavy atom. The van der Waals surface area contributed by atoms with Gasteiger partial charge in [0.25, 0.3) is 0 Å². The Hall–Kier alpha value is -2.71. The van der Waals surface area contributed by atoms with Crippen molar-refractivity contribution in [3.05, 3.63) is 71.3 Å². The third kappa shape index (κ3) is 7.40. The Labute approximate surface area is 192 Å². The van der Waals surface area contributed by atoms with Crippen LogP contribution in [0.3, 0.4) is 0 Å². The van der Waals surface area contributed by atoms with Gasteiger partial charge in [-0.2, -0.15) is 13.2 Å². The van der Waals surface area contributed by atoms with Gasteiger partial charge in [-0.25, -0.2) is 0 Å². The zero-order chi connectivity index (χ0) is 23.7. The second kappa shape index (κ2) is 12.0. The molecular weight excluding hydrogens is 431 g/mol. The van der Waals surface area contributed by atoms with Gasteiger partial charge in [-0.1, -0.05) is 47.6 Å². The number of carbonyl (C=O) groups is 1. The van der Waals surface area contributed by atoms with Crippen LogP contribution >= 0.6 is 0 Å². The standard InChI is InChI=1S/C25H30F3N3O2/c26-25(27,28)22-10-8-20(9-11-22)24(32)21-12-16-31(17-13-21)15-4-7-23(30-33-18-14-29)19-5-2-1-3-6-19/h1-3,5-6,8-11,21H,4,7,12-18,29H2. The fourth-order valence-electron chi connectivity index (χ4n) is 4.00. The number of benzene rings is 2. The molecule has 1 fully saturated rings. The van der Waals surface area contributed by atoms with Crippen LogP contribution in [0.15, 0.2) is 59.8 Å². The number of nitrogens with zero attached hydrogens (tertiary/aromatic N) is 2. The van der Waals surface area contributed by atoms with Gasteiger partial charge in [0.05, 0.1) is 11.3 Å². The molecule has 0 amide bonds. The lowest BCUT2D eigenvalue weighted by Gasteiger charge is -2.31. The SMILES string of the molecule is NCCON=C(CCCN1CCC(C(=O)c2ccc(C(F)(F)F)cc2)CC1)c1ccccc1. The first-order valence-electron chi connectivity index (χ1n) is 11.3. The molecule has 1 saturated heterocycles. The quantitative estimate of drug-likeness (QED) is 0.240. The summed E-state index contributed by atoms with van der Waals surface area (Å²) in [7, 11) is 0. The molecule has 1 heterocycles. The van der Waals surface area contributed by atoms with Gasteiger partial charge in [0, 0.05) is 18.0 Å². The van der Waals surface area contributed by atoms with E-state index in [0.29, 0.717) is 31.6 Å². The van der Waals surface area contributed by atoms with E-state index >= 15 is 0 Å². The Morgan fingerprint density at radius 1 is 1.03 bits per heavy atom. The van der Waals surface area contributed by atoms with Crippen molar-refractivity contribution in [2.45, 2.75) is 31.9 Å². The number of ketones is 1. The molecule has 33 heavy (non-hydrogen) atoms. The number of piperidine rings is 1. The second-order valence-corrected chi connectivity index (χ2v) is 8.18. The largest absolute Gasteiger partial charge is 0.416 e. The molecule has 0 bridgehead atoms. The molecule has 5 nitrogen and oxygen atoms in total. The average Bonchev–Trinajstić information content (AvgIpc) is 2.83. The molecule has 2 N–H and O–H groups in total. The minimum Gasteiger partial charge on any atom is -0.394 e. The van der Waals surface area contributed by atoms with Crippen molar-refractivity contribution in [3.63, 3.8) is 0 Å². The Morgan fingerprint density at radius 3 is 2.30 bits per heavy atom. The third-order valence-corrected chi connectivity index (χ3v) is 5.83. The summed E-state index contributed by atoms with van der Waals surface area (Å²) in [5.41, 5.74) is 7.00. The smallest absolute Gasteiger partial charge is 0.394 e. The van der Waals surface area contributed by atoms with Gasteiger partial charge < -0.3 is 15.5 Å². The van der Waals surface area contributed by atoms with E-state index in [-0.39, 0.29) is 11.7 Å². The number of alkyl halides is 3. The summed E-state index contributed by atoms with van der Waals surface area (Å²) in [6.45, 7) is 3.24. The van der Waals surface area contributed by atoms with E-state index < -0.39 is 11.7 Å². The van der Waals surface area contributed by atoms with Gasteiger partial charge in [0.1, 0.15) is 6.61 Å². The summed E-state index contributed by atoms with van der Waals surface area (Å²) < 4.78 is 38.2. The summed E-state index contributed by atoms with van der Waals surface area (Å²) in [6.07, 6.45) is -1.32. The number of halogens is 3. The number of carbonyl (C=O) groups excluding carboxylic acids is 1. The lowest BCUT2D eigenvalue weighted by Crippen LogP contribution is -2.37. The van der Waals surface area contributed by atoms with E-state index in [2.05, 4.69) is 10.1 Å². The van der Waals surface area contributed by atoms with E-state index in [1.54, 1.807) is 0 Å². The molecule has 3 rings (SSSR count). The summed E-state index contributed by atoms with van der Waals surface area (Å²) in [6, 6.07) is 14.4. The average molecular weight is 462 g/mol. The maximum absolute atomic E-state index is 12.7. The molecule has 0 spiro atoms. The van der Waals surface area contributed by atoms with Crippen molar-refractivity contribution in [1.82, 2.24) is 4.90 Å². The van der Waals surface area contributed by atoms with Crippen molar-refractivity contribution < 1.29 is 22.8 Å². The molecule has 1 aliphatic heterocycles. The van der Waals surface area contributed by atoms with Crippen molar-refractivity contribution in [3.8, 4) is 0 Å². The maximum Gasteiger partial charge on any atom is 0.416 e. The van der Waals surface area contributed by atoms with E-state index in [0.717, 1.165) is 55.9 Å². The van der Waals surface area contributed by atoms with Crippen LogP contribution in [0.2, 0.25) is 0 Å². The van der Waals surface area contributed by atoms with Crippen LogP contribution in [0.4, 0.5) is 13.2 Å². The first-order chi connectivity index (χ1) is 15.9. The van der Waals surface area contributed by atoms with Crippen LogP contribution in [0.5, 0.6) is 0 Å². The predicted octanol–water partition coefficient (Wildman–Crippen LogP) is 4.76. The molecule has 0 atom stereocenters. The Kier molecular flexibility index (Phi) is 9.03. The molecule has 0 radical (unpaired) electrons. The molecule has 0 aromatic heterocycles. The number of likely N-dealkylation sites (tertiary alicyclic amines) is 1. The van der Waals surface area contributed by atoms with Crippen LogP contribution in [-0.4, -0.2) is 49.2 Å². The maximum atomic E-state index is 12.7. The van der Waals surface area contributed by atoms with Gasteiger partial charge in [0.2, 0.25) is 0 Å². The highest BCUT2D eigenvalue weighted by Gasteiger charge is 2.31. The molecule has 8 heteroatoms. The third-order valence-electron chi connectivity index (χ3n) is 5.83. The van der Waals surface area contributed by atoms with Crippen molar-refractivity contribution in [2.24, 2.45) is 16.8 Å². The van der Waals surface area contributed by atoms with E-state index in [1.807, 2.05) is 30.3 Å². The molecule has 0 saturated carbocycles. The number of oxime groups is 1. The van der Waals surface area contributed by atoms with Crippen LogP contribution in [0.25, 0.3) is 0 Å². The predicted molar refractivity (Wildman–Crippen MR) is 122 cm³/mol. The summed E-state index contributed by atoms with van der Waals surface area (Å²) in [4.78, 5) is 20.3. The summed E-state index contributed by atoms with van der Waals surface area (Å²) in [5.74, 6) is -0.219. The lowest BCUT2D eigenvalue weighted by atomic mass is 9.88. The molecule has 2 aromatic carbocycles. The normalized spacial score (nSPS) is 16.1. The fraction of sp³-hybridized carbons (Fsp3) is 0.440. The van der Waals surface area contributed by atoms with Gasteiger partial charge >= 0.3 is 6.18 Å². The summed E-state index contributed by atoms with van der Waals surface area (Å²) in [5, 5.41) is 4.26. The zero-order valence-corrected chi connectivity index (χ0v) is 18.6.